The van der Waals surface area contributed by atoms with Gasteiger partial charge < -0.3 is 9.47 Å². The lowest BCUT2D eigenvalue weighted by atomic mass is 10.2. The fourth-order valence-corrected chi connectivity index (χ4v) is 2.93. The maximum absolute atomic E-state index is 5.60. The second-order valence-electron chi connectivity index (χ2n) is 5.28. The summed E-state index contributed by atoms with van der Waals surface area (Å²) < 4.78 is 10.9. The molecule has 1 N–H and O–H groups in total. The number of benzene rings is 2. The summed E-state index contributed by atoms with van der Waals surface area (Å²) in [6.45, 7) is 4.07. The van der Waals surface area contributed by atoms with E-state index < -0.39 is 0 Å². The van der Waals surface area contributed by atoms with Gasteiger partial charge in [-0.1, -0.05) is 43.0 Å². The Kier molecular flexibility index (Phi) is 6.01. The smallest absolute Gasteiger partial charge is 0.203 e. The van der Waals surface area contributed by atoms with E-state index >= 15 is 0 Å². The Balaban J connectivity index is 1.67. The van der Waals surface area contributed by atoms with Crippen LogP contribution in [0.3, 0.4) is 0 Å². The van der Waals surface area contributed by atoms with Crippen LogP contribution in [-0.2, 0) is 0 Å². The van der Waals surface area contributed by atoms with E-state index in [9.17, 15) is 0 Å². The summed E-state index contributed by atoms with van der Waals surface area (Å²) in [5, 5.41) is 6.99. The number of nitrogens with zero attached hydrogens (tertiary/aromatic N) is 2. The van der Waals surface area contributed by atoms with Gasteiger partial charge in [0.1, 0.15) is 6.61 Å². The summed E-state index contributed by atoms with van der Waals surface area (Å²) in [6.07, 6.45) is 3.40. The summed E-state index contributed by atoms with van der Waals surface area (Å²) in [5.74, 6) is 1.32. The van der Waals surface area contributed by atoms with Gasteiger partial charge in [-0.2, -0.15) is 5.10 Å². The normalized spacial score (nSPS) is 10.7. The number of anilines is 1. The van der Waals surface area contributed by atoms with Crippen LogP contribution in [0.5, 0.6) is 11.5 Å². The van der Waals surface area contributed by atoms with Crippen LogP contribution in [0.2, 0.25) is 0 Å². The number of hydrazone groups is 1. The van der Waals surface area contributed by atoms with Crippen molar-refractivity contribution in [2.75, 3.05) is 19.1 Å². The largest absolute Gasteiger partial charge is 0.493 e. The summed E-state index contributed by atoms with van der Waals surface area (Å²) >= 11 is 1.51. The Morgan fingerprint density at radius 2 is 2.04 bits per heavy atom. The predicted octanol–water partition coefficient (Wildman–Crippen LogP) is 4.83. The lowest BCUT2D eigenvalue weighted by Gasteiger charge is -2.09. The number of nitrogens with one attached hydrogen (secondary N) is 1. The van der Waals surface area contributed by atoms with E-state index in [0.717, 1.165) is 22.0 Å². The van der Waals surface area contributed by atoms with Crippen molar-refractivity contribution in [3.8, 4) is 22.8 Å². The van der Waals surface area contributed by atoms with Gasteiger partial charge in [-0.15, -0.1) is 11.3 Å². The fourth-order valence-electron chi connectivity index (χ4n) is 2.26. The van der Waals surface area contributed by atoms with Gasteiger partial charge in [0, 0.05) is 10.9 Å². The van der Waals surface area contributed by atoms with Gasteiger partial charge in [0.15, 0.2) is 11.5 Å². The van der Waals surface area contributed by atoms with Crippen LogP contribution in [0.15, 0.2) is 71.7 Å². The number of methoxy groups -OCH3 is 1. The summed E-state index contributed by atoms with van der Waals surface area (Å²) in [4.78, 5) is 4.54. The lowest BCUT2D eigenvalue weighted by Crippen LogP contribution is -1.97. The molecule has 3 rings (SSSR count). The van der Waals surface area contributed by atoms with Crippen molar-refractivity contribution >= 4 is 22.7 Å². The van der Waals surface area contributed by atoms with Crippen LogP contribution in [0.4, 0.5) is 5.13 Å². The van der Waals surface area contributed by atoms with Crippen LogP contribution in [0.25, 0.3) is 11.3 Å². The molecule has 26 heavy (non-hydrogen) atoms. The molecular formula is C20H19N3O2S. The third-order valence-corrected chi connectivity index (χ3v) is 4.24. The molecule has 0 fully saturated rings. The van der Waals surface area contributed by atoms with Gasteiger partial charge in [0.2, 0.25) is 5.13 Å². The number of hydrogen-bond acceptors (Lipinski definition) is 6. The number of ether oxygens (including phenoxy) is 2. The van der Waals surface area contributed by atoms with E-state index in [-0.39, 0.29) is 0 Å². The predicted molar refractivity (Wildman–Crippen MR) is 107 cm³/mol. The Bertz CT molecular complexity index is 891. The van der Waals surface area contributed by atoms with Gasteiger partial charge in [-0.3, -0.25) is 5.43 Å². The quantitative estimate of drug-likeness (QED) is 0.353. The molecule has 0 radical (unpaired) electrons. The van der Waals surface area contributed by atoms with Gasteiger partial charge in [0.05, 0.1) is 19.0 Å². The highest BCUT2D eigenvalue weighted by Gasteiger charge is 2.05. The second kappa shape index (κ2) is 8.82. The van der Waals surface area contributed by atoms with Gasteiger partial charge in [-0.05, 0) is 23.8 Å². The average molecular weight is 365 g/mol. The van der Waals surface area contributed by atoms with E-state index in [1.165, 1.54) is 11.3 Å². The highest BCUT2D eigenvalue weighted by molar-refractivity contribution is 7.14. The highest BCUT2D eigenvalue weighted by Crippen LogP contribution is 2.28. The number of hydrogen-bond donors (Lipinski definition) is 1. The van der Waals surface area contributed by atoms with Crippen molar-refractivity contribution in [1.29, 1.82) is 0 Å². The van der Waals surface area contributed by atoms with Crippen molar-refractivity contribution in [2.45, 2.75) is 0 Å². The van der Waals surface area contributed by atoms with Crippen molar-refractivity contribution in [1.82, 2.24) is 4.98 Å². The van der Waals surface area contributed by atoms with E-state index in [0.29, 0.717) is 18.1 Å². The minimum atomic E-state index is 0.413. The van der Waals surface area contributed by atoms with E-state index in [1.54, 1.807) is 19.4 Å². The molecule has 3 aromatic rings. The molecule has 0 aliphatic rings. The molecule has 0 saturated heterocycles. The number of thiazole rings is 1. The minimum absolute atomic E-state index is 0.413. The molecule has 0 atom stereocenters. The zero-order valence-corrected chi connectivity index (χ0v) is 15.2. The Morgan fingerprint density at radius 1 is 1.19 bits per heavy atom. The Morgan fingerprint density at radius 3 is 2.81 bits per heavy atom. The van der Waals surface area contributed by atoms with Crippen LogP contribution in [0.1, 0.15) is 5.56 Å². The Labute approximate surface area is 156 Å². The van der Waals surface area contributed by atoms with Gasteiger partial charge in [0.25, 0.3) is 0 Å². The van der Waals surface area contributed by atoms with Gasteiger partial charge in [-0.25, -0.2) is 4.98 Å². The first-order valence-electron chi connectivity index (χ1n) is 8.02. The molecule has 0 amide bonds. The number of rotatable bonds is 8. The summed E-state index contributed by atoms with van der Waals surface area (Å²) in [5.41, 5.74) is 5.86. The van der Waals surface area contributed by atoms with E-state index in [4.69, 9.17) is 9.47 Å². The molecule has 2 aromatic carbocycles. The first-order valence-corrected chi connectivity index (χ1v) is 8.90. The molecular weight excluding hydrogens is 346 g/mol. The molecule has 0 saturated carbocycles. The third-order valence-electron chi connectivity index (χ3n) is 3.49. The molecule has 1 heterocycles. The maximum Gasteiger partial charge on any atom is 0.203 e. The molecule has 0 aliphatic heterocycles. The highest BCUT2D eigenvalue weighted by atomic mass is 32.1. The first kappa shape index (κ1) is 17.7. The average Bonchev–Trinajstić information content (AvgIpc) is 3.16. The fraction of sp³-hybridized carbons (Fsp3) is 0.100. The monoisotopic (exact) mass is 365 g/mol. The van der Waals surface area contributed by atoms with Crippen LogP contribution >= 0.6 is 11.3 Å². The maximum atomic E-state index is 5.60. The molecule has 6 heteroatoms. The van der Waals surface area contributed by atoms with E-state index in [1.807, 2.05) is 53.9 Å². The summed E-state index contributed by atoms with van der Waals surface area (Å²) in [7, 11) is 1.61. The minimum Gasteiger partial charge on any atom is -0.493 e. The van der Waals surface area contributed by atoms with Gasteiger partial charge >= 0.3 is 0 Å². The second-order valence-corrected chi connectivity index (χ2v) is 6.14. The summed E-state index contributed by atoms with van der Waals surface area (Å²) in [6, 6.07) is 15.7. The first-order chi connectivity index (χ1) is 12.8. The zero-order valence-electron chi connectivity index (χ0n) is 14.4. The van der Waals surface area contributed by atoms with Crippen LogP contribution in [0, 0.1) is 0 Å². The lowest BCUT2D eigenvalue weighted by molar-refractivity contribution is 0.326. The molecule has 0 spiro atoms. The van der Waals surface area contributed by atoms with Crippen molar-refractivity contribution in [3.05, 3.63) is 72.1 Å². The molecule has 0 bridgehead atoms. The van der Waals surface area contributed by atoms with Crippen molar-refractivity contribution in [2.24, 2.45) is 5.10 Å². The molecule has 0 unspecified atom stereocenters. The molecule has 5 nitrogen and oxygen atoms in total. The zero-order chi connectivity index (χ0) is 18.2. The van der Waals surface area contributed by atoms with E-state index in [2.05, 4.69) is 22.1 Å². The van der Waals surface area contributed by atoms with Crippen LogP contribution in [-0.4, -0.2) is 24.9 Å². The van der Waals surface area contributed by atoms with Crippen molar-refractivity contribution in [3.63, 3.8) is 0 Å². The number of aromatic nitrogens is 1. The van der Waals surface area contributed by atoms with Crippen LogP contribution < -0.4 is 14.9 Å². The standard InChI is InChI=1S/C20H19N3O2S/c1-3-11-25-19-12-15(9-10-18(19)24-2)13-21-23-20-22-17(14-26-20)16-7-5-4-6-8-16/h3-10,12-14H,1,11H2,2H3,(H,22,23). The molecule has 132 valence electrons. The molecule has 0 aliphatic carbocycles. The molecule has 1 aromatic heterocycles. The topological polar surface area (TPSA) is 55.7 Å². The Hall–Kier alpha value is -3.12. The SMILES string of the molecule is C=CCOc1cc(C=NNc2nc(-c3ccccc3)cs2)ccc1OC. The third kappa shape index (κ3) is 4.49. The van der Waals surface area contributed by atoms with Crippen molar-refractivity contribution < 1.29 is 9.47 Å².